The first-order valence-corrected chi connectivity index (χ1v) is 7.14. The van der Waals surface area contributed by atoms with Crippen LogP contribution in [-0.2, 0) is 22.7 Å². The number of rotatable bonds is 6. The van der Waals surface area contributed by atoms with Crippen LogP contribution in [0.2, 0.25) is 0 Å². The van der Waals surface area contributed by atoms with Crippen LogP contribution in [0.3, 0.4) is 0 Å². The summed E-state index contributed by atoms with van der Waals surface area (Å²) >= 11 is 0. The second-order valence-corrected chi connectivity index (χ2v) is 4.99. The third-order valence-electron chi connectivity index (χ3n) is 3.35. The topological polar surface area (TPSA) is 56.8 Å². The molecule has 2 aromatic carbocycles. The molecule has 0 fully saturated rings. The molecule has 1 heterocycles. The molecule has 0 saturated heterocycles. The monoisotopic (exact) mass is 299 g/mol. The van der Waals surface area contributed by atoms with Crippen LogP contribution >= 0.6 is 0 Å². The van der Waals surface area contributed by atoms with Crippen molar-refractivity contribution >= 4 is 5.91 Å². The van der Waals surface area contributed by atoms with Gasteiger partial charge in [-0.3, -0.25) is 9.63 Å². The fourth-order valence-electron chi connectivity index (χ4n) is 2.18. The predicted molar refractivity (Wildman–Crippen MR) is 80.3 cm³/mol. The summed E-state index contributed by atoms with van der Waals surface area (Å²) in [5.41, 5.74) is 4.50. The van der Waals surface area contributed by atoms with Gasteiger partial charge in [0, 0.05) is 6.42 Å². The van der Waals surface area contributed by atoms with Crippen LogP contribution in [0.1, 0.15) is 17.5 Å². The number of nitrogens with one attached hydrogen (secondary N) is 1. The fourth-order valence-corrected chi connectivity index (χ4v) is 2.18. The van der Waals surface area contributed by atoms with Gasteiger partial charge < -0.3 is 9.47 Å². The number of fused-ring (bicyclic) bond motifs is 1. The molecule has 1 amide bonds. The van der Waals surface area contributed by atoms with Gasteiger partial charge in [0.1, 0.15) is 0 Å². The first-order chi connectivity index (χ1) is 10.8. The van der Waals surface area contributed by atoms with Crippen molar-refractivity contribution in [2.24, 2.45) is 0 Å². The van der Waals surface area contributed by atoms with Gasteiger partial charge in [0.05, 0.1) is 6.61 Å². The molecule has 3 rings (SSSR count). The lowest BCUT2D eigenvalue weighted by molar-refractivity contribution is -0.134. The first kappa shape index (κ1) is 14.4. The Bertz CT molecular complexity index is 642. The molecule has 1 aliphatic heterocycles. The normalized spacial score (nSPS) is 12.2. The lowest BCUT2D eigenvalue weighted by Crippen LogP contribution is -2.23. The number of hydroxylamine groups is 1. The number of aryl methyl sites for hydroxylation is 1. The van der Waals surface area contributed by atoms with E-state index < -0.39 is 0 Å². The second-order valence-electron chi connectivity index (χ2n) is 4.99. The minimum Gasteiger partial charge on any atom is -0.454 e. The Morgan fingerprint density at radius 2 is 1.86 bits per heavy atom. The molecule has 0 bridgehead atoms. The Labute approximate surface area is 128 Å². The van der Waals surface area contributed by atoms with Crippen molar-refractivity contribution < 1.29 is 19.1 Å². The molecule has 0 aliphatic carbocycles. The molecule has 1 N–H and O–H groups in total. The van der Waals surface area contributed by atoms with Gasteiger partial charge in [-0.15, -0.1) is 0 Å². The second kappa shape index (κ2) is 6.95. The number of benzene rings is 2. The Kier molecular flexibility index (Phi) is 4.56. The zero-order valence-electron chi connectivity index (χ0n) is 12.1. The smallest absolute Gasteiger partial charge is 0.243 e. The number of carbonyl (C=O) groups excluding carboxylic acids is 1. The first-order valence-electron chi connectivity index (χ1n) is 7.14. The van der Waals surface area contributed by atoms with Gasteiger partial charge in [0.25, 0.3) is 0 Å². The molecule has 0 spiro atoms. The molecule has 0 radical (unpaired) electrons. The standard InChI is InChI=1S/C17H17NO4/c19-17(18-22-11-14-4-2-1-3-5-14)9-7-13-6-8-15-16(10-13)21-12-20-15/h1-6,8,10H,7,9,11-12H2,(H,18,19). The Hall–Kier alpha value is -2.53. The molecule has 1 aliphatic rings. The molecule has 0 atom stereocenters. The molecule has 5 nitrogen and oxygen atoms in total. The van der Waals surface area contributed by atoms with E-state index in [2.05, 4.69) is 5.48 Å². The van der Waals surface area contributed by atoms with Gasteiger partial charge in [-0.25, -0.2) is 5.48 Å². The van der Waals surface area contributed by atoms with Crippen LogP contribution in [0.25, 0.3) is 0 Å². The third kappa shape index (κ3) is 3.77. The van der Waals surface area contributed by atoms with E-state index in [4.69, 9.17) is 14.3 Å². The van der Waals surface area contributed by atoms with Crippen molar-refractivity contribution in [3.63, 3.8) is 0 Å². The van der Waals surface area contributed by atoms with Crippen molar-refractivity contribution in [2.45, 2.75) is 19.4 Å². The van der Waals surface area contributed by atoms with Crippen LogP contribution in [-0.4, -0.2) is 12.7 Å². The highest BCUT2D eigenvalue weighted by Gasteiger charge is 2.13. The minimum atomic E-state index is -0.145. The van der Waals surface area contributed by atoms with Crippen molar-refractivity contribution in [2.75, 3.05) is 6.79 Å². The van der Waals surface area contributed by atoms with Gasteiger partial charge in [0.15, 0.2) is 11.5 Å². The summed E-state index contributed by atoms with van der Waals surface area (Å²) in [6.07, 6.45) is 0.978. The van der Waals surface area contributed by atoms with Crippen molar-refractivity contribution in [3.05, 3.63) is 59.7 Å². The highest BCUT2D eigenvalue weighted by atomic mass is 16.7. The minimum absolute atomic E-state index is 0.145. The molecule has 5 heteroatoms. The molecular weight excluding hydrogens is 282 g/mol. The summed E-state index contributed by atoms with van der Waals surface area (Å²) in [6.45, 7) is 0.614. The summed E-state index contributed by atoms with van der Waals surface area (Å²) in [6, 6.07) is 15.4. The summed E-state index contributed by atoms with van der Waals surface area (Å²) in [4.78, 5) is 16.9. The average molecular weight is 299 g/mol. The maximum Gasteiger partial charge on any atom is 0.243 e. The molecule has 0 aromatic heterocycles. The van der Waals surface area contributed by atoms with Crippen LogP contribution < -0.4 is 15.0 Å². The van der Waals surface area contributed by atoms with Gasteiger partial charge in [-0.2, -0.15) is 0 Å². The fraction of sp³-hybridized carbons (Fsp3) is 0.235. The van der Waals surface area contributed by atoms with Crippen molar-refractivity contribution in [1.29, 1.82) is 0 Å². The molecular formula is C17H17NO4. The maximum absolute atomic E-state index is 11.7. The van der Waals surface area contributed by atoms with Crippen LogP contribution in [0.15, 0.2) is 48.5 Å². The summed E-state index contributed by atoms with van der Waals surface area (Å²) in [5, 5.41) is 0. The van der Waals surface area contributed by atoms with E-state index in [0.717, 1.165) is 22.6 Å². The van der Waals surface area contributed by atoms with Crippen LogP contribution in [0, 0.1) is 0 Å². The van der Waals surface area contributed by atoms with E-state index in [9.17, 15) is 4.79 Å². The lowest BCUT2D eigenvalue weighted by atomic mass is 10.1. The summed E-state index contributed by atoms with van der Waals surface area (Å²) in [5.74, 6) is 1.34. The number of ether oxygens (including phenoxy) is 2. The Morgan fingerprint density at radius 1 is 1.05 bits per heavy atom. The zero-order chi connectivity index (χ0) is 15.2. The van der Waals surface area contributed by atoms with Crippen molar-refractivity contribution in [1.82, 2.24) is 5.48 Å². The highest BCUT2D eigenvalue weighted by molar-refractivity contribution is 5.75. The van der Waals surface area contributed by atoms with Gasteiger partial charge in [-0.05, 0) is 29.7 Å². The van der Waals surface area contributed by atoms with Gasteiger partial charge >= 0.3 is 0 Å². The summed E-state index contributed by atoms with van der Waals surface area (Å²) in [7, 11) is 0. The summed E-state index contributed by atoms with van der Waals surface area (Å²) < 4.78 is 10.6. The van der Waals surface area contributed by atoms with Crippen LogP contribution in [0.5, 0.6) is 11.5 Å². The third-order valence-corrected chi connectivity index (χ3v) is 3.35. The maximum atomic E-state index is 11.7. The van der Waals surface area contributed by atoms with Crippen LogP contribution in [0.4, 0.5) is 0 Å². The number of hydrogen-bond acceptors (Lipinski definition) is 4. The molecule has 114 valence electrons. The Morgan fingerprint density at radius 3 is 2.73 bits per heavy atom. The predicted octanol–water partition coefficient (Wildman–Crippen LogP) is 2.60. The van der Waals surface area contributed by atoms with Crippen molar-refractivity contribution in [3.8, 4) is 11.5 Å². The Balaban J connectivity index is 1.41. The number of carbonyl (C=O) groups is 1. The van der Waals surface area contributed by atoms with E-state index >= 15 is 0 Å². The van der Waals surface area contributed by atoms with E-state index in [1.807, 2.05) is 48.5 Å². The zero-order valence-corrected chi connectivity index (χ0v) is 12.1. The van der Waals surface area contributed by atoms with Gasteiger partial charge in [-0.1, -0.05) is 36.4 Å². The van der Waals surface area contributed by atoms with Gasteiger partial charge in [0.2, 0.25) is 12.7 Å². The number of hydrogen-bond donors (Lipinski definition) is 1. The molecule has 0 unspecified atom stereocenters. The molecule has 0 saturated carbocycles. The average Bonchev–Trinajstić information content (AvgIpc) is 3.01. The number of amides is 1. The largest absolute Gasteiger partial charge is 0.454 e. The highest BCUT2D eigenvalue weighted by Crippen LogP contribution is 2.32. The lowest BCUT2D eigenvalue weighted by Gasteiger charge is -2.06. The molecule has 2 aromatic rings. The quantitative estimate of drug-likeness (QED) is 0.833. The van der Waals surface area contributed by atoms with E-state index in [1.54, 1.807) is 0 Å². The SMILES string of the molecule is O=C(CCc1ccc2c(c1)OCO2)NOCc1ccccc1. The molecule has 22 heavy (non-hydrogen) atoms. The van der Waals surface area contributed by atoms with E-state index in [0.29, 0.717) is 19.4 Å². The van der Waals surface area contributed by atoms with E-state index in [-0.39, 0.29) is 12.7 Å². The van der Waals surface area contributed by atoms with E-state index in [1.165, 1.54) is 0 Å².